The zero-order valence-electron chi connectivity index (χ0n) is 12.2. The van der Waals surface area contributed by atoms with Crippen LogP contribution in [0.25, 0.3) is 0 Å². The van der Waals surface area contributed by atoms with Crippen LogP contribution in [0, 0.1) is 0 Å². The van der Waals surface area contributed by atoms with E-state index in [1.807, 2.05) is 0 Å². The highest BCUT2D eigenvalue weighted by molar-refractivity contribution is 6.74. The summed E-state index contributed by atoms with van der Waals surface area (Å²) in [6, 6.07) is -0.703. The molecule has 0 aliphatic carbocycles. The molecule has 1 saturated heterocycles. The summed E-state index contributed by atoms with van der Waals surface area (Å²) in [4.78, 5) is 0. The lowest BCUT2D eigenvalue weighted by molar-refractivity contribution is -0.0862. The van der Waals surface area contributed by atoms with E-state index in [9.17, 15) is 10.2 Å². The summed E-state index contributed by atoms with van der Waals surface area (Å²) in [5.41, 5.74) is -1.04. The Bertz CT molecular complexity index is 305. The van der Waals surface area contributed by atoms with E-state index >= 15 is 0 Å². The molecule has 4 atom stereocenters. The van der Waals surface area contributed by atoms with E-state index in [-0.39, 0.29) is 11.6 Å². The van der Waals surface area contributed by atoms with E-state index in [0.29, 0.717) is 0 Å². The second-order valence-electron chi connectivity index (χ2n) is 6.84. The van der Waals surface area contributed by atoms with Crippen LogP contribution in [0.3, 0.4) is 0 Å². The van der Waals surface area contributed by atoms with Gasteiger partial charge in [0.1, 0.15) is 19.6 Å². The van der Waals surface area contributed by atoms with Crippen molar-refractivity contribution in [2.24, 2.45) is 0 Å². The van der Waals surface area contributed by atoms with Crippen molar-refractivity contribution in [1.29, 1.82) is 0 Å². The van der Waals surface area contributed by atoms with Gasteiger partial charge >= 0.3 is 0 Å². The molecule has 1 aliphatic heterocycles. The number of hydrogen-bond acceptors (Lipinski definition) is 4. The van der Waals surface area contributed by atoms with Crippen LogP contribution in [0.2, 0.25) is 18.1 Å². The molecule has 0 amide bonds. The molecule has 0 aromatic heterocycles. The summed E-state index contributed by atoms with van der Waals surface area (Å²) in [7, 11) is 3.84. The van der Waals surface area contributed by atoms with Gasteiger partial charge in [-0.3, -0.25) is 0 Å². The number of ether oxygens (including phenoxy) is 1. The largest absolute Gasteiger partial charge is 0.409 e. The van der Waals surface area contributed by atoms with Gasteiger partial charge in [-0.1, -0.05) is 20.8 Å². The summed E-state index contributed by atoms with van der Waals surface area (Å²) in [5.74, 6) is 0. The van der Waals surface area contributed by atoms with Gasteiger partial charge in [-0.15, -0.1) is 0 Å². The maximum atomic E-state index is 10.2. The molecule has 2 N–H and O–H groups in total. The van der Waals surface area contributed by atoms with Crippen molar-refractivity contribution in [1.82, 2.24) is 0 Å². The Hall–Kier alpha value is 0.122. The molecule has 0 saturated carbocycles. The van der Waals surface area contributed by atoms with Crippen molar-refractivity contribution in [3.8, 4) is 0 Å². The molecule has 1 fully saturated rings. The van der Waals surface area contributed by atoms with Gasteiger partial charge in [0, 0.05) is 6.00 Å². The van der Waals surface area contributed by atoms with Crippen molar-refractivity contribution >= 4 is 16.2 Å². The summed E-state index contributed by atoms with van der Waals surface area (Å²) in [5, 5.41) is 19.6. The van der Waals surface area contributed by atoms with Gasteiger partial charge in [-0.05, 0) is 25.1 Å². The highest BCUT2D eigenvalue weighted by Crippen LogP contribution is 2.41. The average molecular weight is 272 g/mol. The predicted octanol–water partition coefficient (Wildman–Crippen LogP) is 1.01. The third-order valence-electron chi connectivity index (χ3n) is 4.22. The maximum absolute atomic E-state index is 10.2. The van der Waals surface area contributed by atoms with Crippen LogP contribution in [0.1, 0.15) is 27.7 Å². The normalized spacial score (nSPS) is 38.1. The van der Waals surface area contributed by atoms with Crippen LogP contribution in [0.15, 0.2) is 0 Å². The van der Waals surface area contributed by atoms with Gasteiger partial charge in [-0.2, -0.15) is 0 Å². The number of aliphatic hydroxyl groups excluding tert-OH is 2. The molecule has 0 spiro atoms. The molecule has 0 bridgehead atoms. The van der Waals surface area contributed by atoms with Crippen LogP contribution in [0.5, 0.6) is 0 Å². The van der Waals surface area contributed by atoms with Gasteiger partial charge < -0.3 is 19.4 Å². The summed E-state index contributed by atoms with van der Waals surface area (Å²) < 4.78 is 11.6. The Kier molecular flexibility index (Phi) is 4.41. The smallest absolute Gasteiger partial charge is 0.192 e. The summed E-state index contributed by atoms with van der Waals surface area (Å²) in [6.07, 6.45) is -1.49. The minimum atomic E-state index is -2.03. The molecule has 4 nitrogen and oxygen atoms in total. The standard InChI is InChI=1S/C12H25BO4Si/c1-11(2,3)18(5,6)17-8-9(15)12(4,7-14)16-10(8)13/h8-10,14-15H,7H2,1-6H3/t8-,9?,10+,12+/m0/s1. The molecule has 104 valence electrons. The molecule has 1 heterocycles. The third kappa shape index (κ3) is 2.83. The lowest BCUT2D eigenvalue weighted by Gasteiger charge is -2.40. The van der Waals surface area contributed by atoms with E-state index in [1.165, 1.54) is 0 Å². The maximum Gasteiger partial charge on any atom is 0.192 e. The van der Waals surface area contributed by atoms with Gasteiger partial charge in [0.15, 0.2) is 8.32 Å². The second-order valence-corrected chi connectivity index (χ2v) is 11.6. The lowest BCUT2D eigenvalue weighted by Crippen LogP contribution is -2.51. The molecule has 18 heavy (non-hydrogen) atoms. The number of aliphatic hydroxyl groups is 2. The highest BCUT2D eigenvalue weighted by Gasteiger charge is 2.52. The Morgan fingerprint density at radius 3 is 2.22 bits per heavy atom. The quantitative estimate of drug-likeness (QED) is 0.753. The first-order valence-corrected chi connectivity index (χ1v) is 9.25. The molecule has 1 aliphatic rings. The SMILES string of the molecule is [B][C@@H]1O[C@](C)(CO)C(O)[C@@H]1O[Si](C)(C)C(C)(C)C. The lowest BCUT2D eigenvalue weighted by atomic mass is 9.90. The van der Waals surface area contributed by atoms with E-state index in [0.717, 1.165) is 0 Å². The molecule has 1 rings (SSSR count). The van der Waals surface area contributed by atoms with E-state index in [2.05, 4.69) is 33.9 Å². The van der Waals surface area contributed by atoms with E-state index < -0.39 is 32.1 Å². The van der Waals surface area contributed by atoms with E-state index in [1.54, 1.807) is 6.92 Å². The van der Waals surface area contributed by atoms with Crippen molar-refractivity contribution in [2.45, 2.75) is 69.6 Å². The Balaban J connectivity index is 2.86. The molecular formula is C12H25BO4Si. The minimum Gasteiger partial charge on any atom is -0.409 e. The fraction of sp³-hybridized carbons (Fsp3) is 1.00. The van der Waals surface area contributed by atoms with E-state index in [4.69, 9.17) is 17.0 Å². The zero-order valence-corrected chi connectivity index (χ0v) is 13.2. The third-order valence-corrected chi connectivity index (χ3v) is 8.69. The zero-order chi connectivity index (χ0) is 14.4. The predicted molar refractivity (Wildman–Crippen MR) is 74.2 cm³/mol. The molecule has 6 heteroatoms. The van der Waals surface area contributed by atoms with Crippen LogP contribution < -0.4 is 0 Å². The fourth-order valence-electron chi connectivity index (χ4n) is 1.75. The molecule has 0 aromatic carbocycles. The first-order valence-electron chi connectivity index (χ1n) is 6.35. The fourth-order valence-corrected chi connectivity index (χ4v) is 3.05. The van der Waals surface area contributed by atoms with Gasteiger partial charge in [0.05, 0.1) is 12.7 Å². The van der Waals surface area contributed by atoms with Gasteiger partial charge in [0.2, 0.25) is 0 Å². The summed E-state index contributed by atoms with van der Waals surface area (Å²) >= 11 is 0. The molecule has 2 radical (unpaired) electrons. The topological polar surface area (TPSA) is 58.9 Å². The van der Waals surface area contributed by atoms with Gasteiger partial charge in [0.25, 0.3) is 0 Å². The van der Waals surface area contributed by atoms with Crippen molar-refractivity contribution in [2.75, 3.05) is 6.61 Å². The van der Waals surface area contributed by atoms with Crippen molar-refractivity contribution in [3.05, 3.63) is 0 Å². The van der Waals surface area contributed by atoms with Crippen LogP contribution in [-0.4, -0.2) is 56.8 Å². The Morgan fingerprint density at radius 2 is 1.89 bits per heavy atom. The highest BCUT2D eigenvalue weighted by atomic mass is 28.4. The van der Waals surface area contributed by atoms with Crippen molar-refractivity contribution in [3.63, 3.8) is 0 Å². The van der Waals surface area contributed by atoms with Crippen LogP contribution in [-0.2, 0) is 9.16 Å². The van der Waals surface area contributed by atoms with Gasteiger partial charge in [-0.25, -0.2) is 0 Å². The minimum absolute atomic E-state index is 0.0324. The van der Waals surface area contributed by atoms with Crippen LogP contribution in [0.4, 0.5) is 0 Å². The monoisotopic (exact) mass is 272 g/mol. The van der Waals surface area contributed by atoms with Crippen LogP contribution >= 0.6 is 0 Å². The number of hydrogen-bond donors (Lipinski definition) is 2. The second kappa shape index (κ2) is 4.90. The first kappa shape index (κ1) is 16.2. The van der Waals surface area contributed by atoms with Crippen molar-refractivity contribution < 1.29 is 19.4 Å². The average Bonchev–Trinajstić information content (AvgIpc) is 2.41. The Labute approximate surface area is 112 Å². The number of rotatable bonds is 3. The Morgan fingerprint density at radius 1 is 1.39 bits per heavy atom. The first-order chi connectivity index (χ1) is 7.94. The molecule has 1 unspecified atom stereocenters. The molecular weight excluding hydrogens is 247 g/mol. The molecule has 0 aromatic rings. The summed E-state index contributed by atoms with van der Waals surface area (Å²) in [6.45, 7) is 11.9.